The maximum Gasteiger partial charge on any atom is 0.242 e. The van der Waals surface area contributed by atoms with Gasteiger partial charge in [-0.1, -0.05) is 61.0 Å². The molecule has 2 amide bonds. The molecule has 0 N–H and O–H groups in total. The van der Waals surface area contributed by atoms with Gasteiger partial charge in [0.05, 0.1) is 19.0 Å². The SMILES string of the molecule is CCCN(CC(=O)N1CCc2sccc2C1c1ccc(Cl)cc1)C(=O)Cc1ccccc1. The van der Waals surface area contributed by atoms with Crippen LogP contribution in [0.3, 0.4) is 0 Å². The molecule has 4 rings (SSSR count). The van der Waals surface area contributed by atoms with Crippen molar-refractivity contribution >= 4 is 34.8 Å². The van der Waals surface area contributed by atoms with Crippen LogP contribution >= 0.6 is 22.9 Å². The van der Waals surface area contributed by atoms with Gasteiger partial charge >= 0.3 is 0 Å². The second-order valence-electron chi connectivity index (χ2n) is 8.07. The molecule has 0 saturated carbocycles. The van der Waals surface area contributed by atoms with Crippen molar-refractivity contribution in [3.05, 3.63) is 92.6 Å². The smallest absolute Gasteiger partial charge is 0.242 e. The molecule has 6 heteroatoms. The Balaban J connectivity index is 1.55. The second kappa shape index (κ2) is 10.3. The zero-order valence-electron chi connectivity index (χ0n) is 18.2. The first-order chi connectivity index (χ1) is 15.6. The number of rotatable bonds is 7. The van der Waals surface area contributed by atoms with Gasteiger partial charge in [-0.3, -0.25) is 9.59 Å². The minimum atomic E-state index is -0.150. The summed E-state index contributed by atoms with van der Waals surface area (Å²) in [4.78, 5) is 31.5. The van der Waals surface area contributed by atoms with Gasteiger partial charge in [0.2, 0.25) is 11.8 Å². The third-order valence-corrected chi connectivity index (χ3v) is 7.09. The van der Waals surface area contributed by atoms with Crippen molar-refractivity contribution in [2.24, 2.45) is 0 Å². The third kappa shape index (κ3) is 5.05. The standard InChI is InChI=1S/C26H27ClN2O2S/c1-2-14-28(24(30)17-19-6-4-3-5-7-19)18-25(31)29-15-12-23-22(13-16-32-23)26(29)20-8-10-21(27)11-9-20/h3-11,13,16,26H,2,12,14-15,17-18H2,1H3. The van der Waals surface area contributed by atoms with Crippen molar-refractivity contribution in [1.29, 1.82) is 0 Å². The number of carbonyl (C=O) groups excluding carboxylic acids is 2. The van der Waals surface area contributed by atoms with Crippen molar-refractivity contribution in [3.8, 4) is 0 Å². The lowest BCUT2D eigenvalue weighted by molar-refractivity contribution is -0.141. The van der Waals surface area contributed by atoms with Gasteiger partial charge in [0, 0.05) is 23.0 Å². The van der Waals surface area contributed by atoms with Gasteiger partial charge in [-0.2, -0.15) is 0 Å². The molecule has 2 heterocycles. The van der Waals surface area contributed by atoms with Gasteiger partial charge < -0.3 is 9.80 Å². The summed E-state index contributed by atoms with van der Waals surface area (Å²) in [5.74, 6) is -0.0284. The van der Waals surface area contributed by atoms with Gasteiger partial charge in [0.1, 0.15) is 0 Å². The Bertz CT molecular complexity index is 1060. The van der Waals surface area contributed by atoms with Crippen LogP contribution in [0.2, 0.25) is 5.02 Å². The Morgan fingerprint density at radius 3 is 2.56 bits per heavy atom. The van der Waals surface area contributed by atoms with Gasteiger partial charge in [-0.25, -0.2) is 0 Å². The maximum absolute atomic E-state index is 13.5. The fraction of sp³-hybridized carbons (Fsp3) is 0.308. The van der Waals surface area contributed by atoms with Crippen LogP contribution in [0.5, 0.6) is 0 Å². The molecule has 0 bridgehead atoms. The summed E-state index contributed by atoms with van der Waals surface area (Å²) >= 11 is 7.85. The van der Waals surface area contributed by atoms with Crippen LogP contribution < -0.4 is 0 Å². The van der Waals surface area contributed by atoms with Crippen LogP contribution in [0.1, 0.15) is 41.0 Å². The maximum atomic E-state index is 13.5. The molecule has 3 aromatic rings. The highest BCUT2D eigenvalue weighted by Crippen LogP contribution is 2.38. The predicted molar refractivity (Wildman–Crippen MR) is 130 cm³/mol. The average molecular weight is 467 g/mol. The van der Waals surface area contributed by atoms with E-state index >= 15 is 0 Å². The zero-order chi connectivity index (χ0) is 22.5. The van der Waals surface area contributed by atoms with E-state index in [2.05, 4.69) is 11.4 Å². The summed E-state index contributed by atoms with van der Waals surface area (Å²) in [6.07, 6.45) is 1.96. The summed E-state index contributed by atoms with van der Waals surface area (Å²) in [7, 11) is 0. The molecule has 1 aromatic heterocycles. The van der Waals surface area contributed by atoms with E-state index in [1.165, 1.54) is 10.4 Å². The van der Waals surface area contributed by atoms with E-state index in [0.717, 1.165) is 24.0 Å². The van der Waals surface area contributed by atoms with Crippen molar-refractivity contribution in [1.82, 2.24) is 9.80 Å². The Morgan fingerprint density at radius 1 is 1.09 bits per heavy atom. The number of fused-ring (bicyclic) bond motifs is 1. The molecule has 1 unspecified atom stereocenters. The first-order valence-electron chi connectivity index (χ1n) is 11.0. The molecule has 0 saturated heterocycles. The highest BCUT2D eigenvalue weighted by molar-refractivity contribution is 7.10. The number of hydrogen-bond acceptors (Lipinski definition) is 3. The Morgan fingerprint density at radius 2 is 1.84 bits per heavy atom. The number of carbonyl (C=O) groups is 2. The van der Waals surface area contributed by atoms with E-state index < -0.39 is 0 Å². The van der Waals surface area contributed by atoms with E-state index in [4.69, 9.17) is 11.6 Å². The largest absolute Gasteiger partial charge is 0.333 e. The number of halogens is 1. The topological polar surface area (TPSA) is 40.6 Å². The molecule has 1 aliphatic heterocycles. The second-order valence-corrected chi connectivity index (χ2v) is 9.51. The number of nitrogens with zero attached hydrogens (tertiary/aromatic N) is 2. The van der Waals surface area contributed by atoms with Gasteiger partial charge in [0.25, 0.3) is 0 Å². The number of amides is 2. The van der Waals surface area contributed by atoms with Crippen LogP contribution in [-0.2, 0) is 22.4 Å². The van der Waals surface area contributed by atoms with Crippen LogP contribution in [-0.4, -0.2) is 41.2 Å². The highest BCUT2D eigenvalue weighted by atomic mass is 35.5. The van der Waals surface area contributed by atoms with Crippen molar-refractivity contribution in [2.45, 2.75) is 32.2 Å². The van der Waals surface area contributed by atoms with E-state index in [9.17, 15) is 9.59 Å². The summed E-state index contributed by atoms with van der Waals surface area (Å²) < 4.78 is 0. The highest BCUT2D eigenvalue weighted by Gasteiger charge is 2.33. The van der Waals surface area contributed by atoms with Crippen LogP contribution in [0, 0.1) is 0 Å². The normalized spacial score (nSPS) is 15.3. The van der Waals surface area contributed by atoms with Gasteiger partial charge in [0.15, 0.2) is 0 Å². The molecular formula is C26H27ClN2O2S. The van der Waals surface area contributed by atoms with Crippen LogP contribution in [0.4, 0.5) is 0 Å². The molecule has 0 spiro atoms. The minimum absolute atomic E-state index is 0.0114. The molecule has 32 heavy (non-hydrogen) atoms. The minimum Gasteiger partial charge on any atom is -0.333 e. The monoisotopic (exact) mass is 466 g/mol. The van der Waals surface area contributed by atoms with Crippen LogP contribution in [0.25, 0.3) is 0 Å². The number of benzene rings is 2. The average Bonchev–Trinajstić information content (AvgIpc) is 3.28. The fourth-order valence-electron chi connectivity index (χ4n) is 4.29. The van der Waals surface area contributed by atoms with Gasteiger partial charge in [-0.15, -0.1) is 11.3 Å². The summed E-state index contributed by atoms with van der Waals surface area (Å²) in [6.45, 7) is 3.35. The molecule has 1 atom stereocenters. The number of hydrogen-bond donors (Lipinski definition) is 0. The molecule has 4 nitrogen and oxygen atoms in total. The Hall–Kier alpha value is -2.63. The lowest BCUT2D eigenvalue weighted by Gasteiger charge is -2.37. The summed E-state index contributed by atoms with van der Waals surface area (Å²) in [5.41, 5.74) is 3.18. The van der Waals surface area contributed by atoms with Gasteiger partial charge in [-0.05, 0) is 53.1 Å². The lowest BCUT2D eigenvalue weighted by Crippen LogP contribution is -2.47. The van der Waals surface area contributed by atoms with E-state index in [1.54, 1.807) is 16.2 Å². The van der Waals surface area contributed by atoms with Crippen molar-refractivity contribution in [2.75, 3.05) is 19.6 Å². The first kappa shape index (κ1) is 22.6. The Labute approximate surface area is 198 Å². The number of thiophene rings is 1. The van der Waals surface area contributed by atoms with E-state index in [-0.39, 0.29) is 24.4 Å². The van der Waals surface area contributed by atoms with E-state index in [0.29, 0.717) is 24.5 Å². The lowest BCUT2D eigenvalue weighted by atomic mass is 9.93. The van der Waals surface area contributed by atoms with Crippen LogP contribution in [0.15, 0.2) is 66.0 Å². The molecule has 0 aliphatic carbocycles. The fourth-order valence-corrected chi connectivity index (χ4v) is 5.32. The molecule has 0 radical (unpaired) electrons. The molecule has 1 aliphatic rings. The molecular weight excluding hydrogens is 440 g/mol. The van der Waals surface area contributed by atoms with E-state index in [1.807, 2.05) is 66.4 Å². The van der Waals surface area contributed by atoms with Crippen molar-refractivity contribution < 1.29 is 9.59 Å². The molecule has 166 valence electrons. The zero-order valence-corrected chi connectivity index (χ0v) is 19.7. The summed E-state index contributed by atoms with van der Waals surface area (Å²) in [5, 5.41) is 2.77. The first-order valence-corrected chi connectivity index (χ1v) is 12.3. The summed E-state index contributed by atoms with van der Waals surface area (Å²) in [6, 6.07) is 19.4. The molecule has 2 aromatic carbocycles. The van der Waals surface area contributed by atoms with Crippen molar-refractivity contribution in [3.63, 3.8) is 0 Å². The predicted octanol–water partition coefficient (Wildman–Crippen LogP) is 5.36. The molecule has 0 fully saturated rings. The third-order valence-electron chi connectivity index (χ3n) is 5.84. The Kier molecular flexibility index (Phi) is 7.28. The quantitative estimate of drug-likeness (QED) is 0.470.